The van der Waals surface area contributed by atoms with Crippen LogP contribution in [0.15, 0.2) is 24.1 Å². The van der Waals surface area contributed by atoms with Crippen LogP contribution in [0.25, 0.3) is 0 Å². The number of carbonyl (C=O) groups is 1. The van der Waals surface area contributed by atoms with E-state index in [9.17, 15) is 9.90 Å². The normalized spacial score (nSPS) is 16.5. The van der Waals surface area contributed by atoms with Crippen molar-refractivity contribution in [2.45, 2.75) is 26.4 Å². The molecule has 0 bridgehead atoms. The number of hydrogen-bond acceptors (Lipinski definition) is 3. The van der Waals surface area contributed by atoms with Crippen LogP contribution in [0.4, 0.5) is 4.79 Å². The molecule has 0 aromatic rings. The third-order valence-corrected chi connectivity index (χ3v) is 1.51. The van der Waals surface area contributed by atoms with Gasteiger partial charge in [-0.05, 0) is 32.9 Å². The van der Waals surface area contributed by atoms with Crippen molar-refractivity contribution in [3.63, 3.8) is 0 Å². The second-order valence-electron chi connectivity index (χ2n) is 4.11. The fraction of sp³-hybridized carbons (Fsp3) is 0.500. The molecule has 0 atom stereocenters. The van der Waals surface area contributed by atoms with Crippen LogP contribution >= 0.6 is 0 Å². The molecule has 14 heavy (non-hydrogen) atoms. The van der Waals surface area contributed by atoms with Gasteiger partial charge in [-0.1, -0.05) is 0 Å². The van der Waals surface area contributed by atoms with Crippen molar-refractivity contribution in [2.24, 2.45) is 0 Å². The first-order chi connectivity index (χ1) is 6.38. The van der Waals surface area contributed by atoms with Crippen LogP contribution in [0.2, 0.25) is 0 Å². The molecular weight excluding hydrogens is 182 g/mol. The van der Waals surface area contributed by atoms with E-state index < -0.39 is 11.7 Å². The molecule has 0 spiro atoms. The molecule has 1 heterocycles. The number of nitrogens with zero attached hydrogens (tertiary/aromatic N) is 1. The van der Waals surface area contributed by atoms with Crippen LogP contribution in [0.5, 0.6) is 0 Å². The highest BCUT2D eigenvalue weighted by Gasteiger charge is 2.22. The molecule has 78 valence electrons. The summed E-state index contributed by atoms with van der Waals surface area (Å²) in [6.45, 7) is 5.57. The molecule has 0 saturated carbocycles. The Kier molecular flexibility index (Phi) is 2.84. The summed E-state index contributed by atoms with van der Waals surface area (Å²) in [5, 5.41) is 9.19. The Morgan fingerprint density at radius 2 is 2.21 bits per heavy atom. The molecule has 0 fully saturated rings. The van der Waals surface area contributed by atoms with Crippen molar-refractivity contribution in [1.82, 2.24) is 4.90 Å². The van der Waals surface area contributed by atoms with Gasteiger partial charge in [-0.2, -0.15) is 0 Å². The van der Waals surface area contributed by atoms with Gasteiger partial charge < -0.3 is 9.84 Å². The number of aliphatic hydroxyl groups is 1. The number of amides is 1. The maximum absolute atomic E-state index is 11.5. The largest absolute Gasteiger partial charge is 0.510 e. The fourth-order valence-corrected chi connectivity index (χ4v) is 0.984. The molecule has 4 heteroatoms. The number of rotatable bonds is 0. The number of ether oxygens (including phenoxy) is 1. The predicted octanol–water partition coefficient (Wildman–Crippen LogP) is 2.19. The Morgan fingerprint density at radius 1 is 1.57 bits per heavy atom. The second kappa shape index (κ2) is 3.74. The Labute approximate surface area is 83.5 Å². The Morgan fingerprint density at radius 3 is 2.71 bits per heavy atom. The molecule has 1 rings (SSSR count). The molecule has 4 nitrogen and oxygen atoms in total. The molecule has 0 unspecified atom stereocenters. The van der Waals surface area contributed by atoms with Crippen molar-refractivity contribution >= 4 is 6.09 Å². The summed E-state index contributed by atoms with van der Waals surface area (Å²) >= 11 is 0. The third kappa shape index (κ3) is 3.12. The Hall–Kier alpha value is -1.45. The van der Waals surface area contributed by atoms with Crippen LogP contribution in [0, 0.1) is 0 Å². The highest BCUT2D eigenvalue weighted by molar-refractivity contribution is 5.70. The van der Waals surface area contributed by atoms with Gasteiger partial charge in [-0.3, -0.25) is 4.90 Å². The van der Waals surface area contributed by atoms with E-state index in [0.717, 1.165) is 0 Å². The number of allylic oxidation sites excluding steroid dienone is 2. The van der Waals surface area contributed by atoms with Gasteiger partial charge in [0, 0.05) is 6.20 Å². The molecule has 0 saturated heterocycles. The van der Waals surface area contributed by atoms with E-state index in [0.29, 0.717) is 0 Å². The van der Waals surface area contributed by atoms with E-state index in [1.54, 1.807) is 39.1 Å². The average Bonchev–Trinajstić information content (AvgIpc) is 2.01. The maximum Gasteiger partial charge on any atom is 0.414 e. The zero-order valence-corrected chi connectivity index (χ0v) is 8.65. The van der Waals surface area contributed by atoms with Crippen LogP contribution in [0.1, 0.15) is 20.8 Å². The van der Waals surface area contributed by atoms with Gasteiger partial charge in [0.25, 0.3) is 0 Å². The van der Waals surface area contributed by atoms with E-state index in [-0.39, 0.29) is 12.3 Å². The minimum absolute atomic E-state index is 0.151. The number of hydrogen-bond donors (Lipinski definition) is 1. The van der Waals surface area contributed by atoms with Crippen LogP contribution in [-0.2, 0) is 4.74 Å². The molecule has 0 aromatic heterocycles. The molecule has 1 N–H and O–H groups in total. The third-order valence-electron chi connectivity index (χ3n) is 1.51. The lowest BCUT2D eigenvalue weighted by Gasteiger charge is -2.25. The smallest absolute Gasteiger partial charge is 0.414 e. The number of carbonyl (C=O) groups excluding carboxylic acids is 1. The van der Waals surface area contributed by atoms with Crippen LogP contribution in [-0.4, -0.2) is 28.2 Å². The molecule has 1 amide bonds. The summed E-state index contributed by atoms with van der Waals surface area (Å²) in [6.07, 6.45) is 4.27. The van der Waals surface area contributed by atoms with Crippen molar-refractivity contribution in [3.8, 4) is 0 Å². The number of aliphatic hydroxyl groups excluding tert-OH is 1. The van der Waals surface area contributed by atoms with Crippen molar-refractivity contribution in [1.29, 1.82) is 0 Å². The summed E-state index contributed by atoms with van der Waals surface area (Å²) in [5.41, 5.74) is -0.512. The molecule has 0 aliphatic carbocycles. The van der Waals surface area contributed by atoms with E-state index >= 15 is 0 Å². The highest BCUT2D eigenvalue weighted by atomic mass is 16.6. The zero-order valence-electron chi connectivity index (χ0n) is 8.65. The second-order valence-corrected chi connectivity index (χ2v) is 4.11. The highest BCUT2D eigenvalue weighted by Crippen LogP contribution is 2.12. The van der Waals surface area contributed by atoms with Crippen molar-refractivity contribution < 1.29 is 14.6 Å². The lowest BCUT2D eigenvalue weighted by atomic mass is 10.2. The van der Waals surface area contributed by atoms with E-state index in [4.69, 9.17) is 4.74 Å². The molecule has 1 aliphatic heterocycles. The van der Waals surface area contributed by atoms with Gasteiger partial charge in [-0.15, -0.1) is 0 Å². The lowest BCUT2D eigenvalue weighted by Crippen LogP contribution is -2.35. The van der Waals surface area contributed by atoms with Gasteiger partial charge in [0.05, 0.1) is 6.54 Å². The van der Waals surface area contributed by atoms with Gasteiger partial charge >= 0.3 is 6.09 Å². The predicted molar refractivity (Wildman–Crippen MR) is 52.8 cm³/mol. The molecular formula is C10H15NO3. The van der Waals surface area contributed by atoms with Gasteiger partial charge in [0.15, 0.2) is 0 Å². The summed E-state index contributed by atoms with van der Waals surface area (Å²) in [6, 6.07) is 0. The summed E-state index contributed by atoms with van der Waals surface area (Å²) in [7, 11) is 0. The SMILES string of the molecule is CC(C)(C)OC(=O)N1C=CC=C(O)C1. The first-order valence-corrected chi connectivity index (χ1v) is 4.44. The summed E-state index contributed by atoms with van der Waals surface area (Å²) in [5.74, 6) is 0.151. The first-order valence-electron chi connectivity index (χ1n) is 4.44. The molecule has 0 aromatic carbocycles. The minimum atomic E-state index is -0.512. The monoisotopic (exact) mass is 197 g/mol. The fourth-order valence-electron chi connectivity index (χ4n) is 0.984. The molecule has 1 aliphatic rings. The van der Waals surface area contributed by atoms with E-state index in [2.05, 4.69) is 0 Å². The van der Waals surface area contributed by atoms with Gasteiger partial charge in [0.2, 0.25) is 0 Å². The summed E-state index contributed by atoms with van der Waals surface area (Å²) < 4.78 is 5.12. The topological polar surface area (TPSA) is 49.8 Å². The first kappa shape index (κ1) is 10.6. The zero-order chi connectivity index (χ0) is 10.8. The summed E-state index contributed by atoms with van der Waals surface area (Å²) in [4.78, 5) is 12.8. The quantitative estimate of drug-likeness (QED) is 0.647. The standard InChI is InChI=1S/C10H15NO3/c1-10(2,3)14-9(13)11-6-4-5-8(12)7-11/h4-6,12H,7H2,1-3H3. The van der Waals surface area contributed by atoms with E-state index in [1.807, 2.05) is 0 Å². The molecule has 0 radical (unpaired) electrons. The van der Waals surface area contributed by atoms with Crippen molar-refractivity contribution in [3.05, 3.63) is 24.1 Å². The van der Waals surface area contributed by atoms with Gasteiger partial charge in [-0.25, -0.2) is 4.79 Å². The van der Waals surface area contributed by atoms with E-state index in [1.165, 1.54) is 4.90 Å². The van der Waals surface area contributed by atoms with Gasteiger partial charge in [0.1, 0.15) is 11.4 Å². The Balaban J connectivity index is 2.56. The average molecular weight is 197 g/mol. The lowest BCUT2D eigenvalue weighted by molar-refractivity contribution is 0.0331. The van der Waals surface area contributed by atoms with Crippen LogP contribution < -0.4 is 0 Å². The maximum atomic E-state index is 11.5. The van der Waals surface area contributed by atoms with Crippen LogP contribution in [0.3, 0.4) is 0 Å². The minimum Gasteiger partial charge on any atom is -0.510 e. The Bertz CT molecular complexity index is 286. The van der Waals surface area contributed by atoms with Crippen molar-refractivity contribution in [2.75, 3.05) is 6.54 Å².